The molecule has 0 radical (unpaired) electrons. The molecule has 0 aliphatic rings. The number of amides is 1. The number of pyridine rings is 1. The van der Waals surface area contributed by atoms with Gasteiger partial charge in [-0.05, 0) is 18.6 Å². The molecular weight excluding hydrogens is 226 g/mol. The Labute approximate surface area is 100 Å². The number of nitrogens with zero attached hydrogens (tertiary/aromatic N) is 1. The van der Waals surface area contributed by atoms with Crippen molar-refractivity contribution in [3.05, 3.63) is 23.4 Å². The van der Waals surface area contributed by atoms with E-state index < -0.39 is 0 Å². The molecular formula is C11H16ClN3O. The monoisotopic (exact) mass is 241 g/mol. The van der Waals surface area contributed by atoms with Crippen LogP contribution in [0.15, 0.2) is 18.2 Å². The molecule has 1 aromatic heterocycles. The molecule has 0 saturated carbocycles. The number of carbonyl (C=O) groups excluding carboxylic acids is 1. The largest absolute Gasteiger partial charge is 0.370 e. The van der Waals surface area contributed by atoms with Crippen LogP contribution in [-0.4, -0.2) is 24.0 Å². The number of anilines is 1. The molecule has 0 bridgehead atoms. The highest BCUT2D eigenvalue weighted by molar-refractivity contribution is 6.29. The van der Waals surface area contributed by atoms with Gasteiger partial charge in [-0.25, -0.2) is 4.98 Å². The first-order valence-electron chi connectivity index (χ1n) is 5.35. The molecule has 1 aromatic rings. The van der Waals surface area contributed by atoms with E-state index in [-0.39, 0.29) is 5.91 Å². The molecule has 88 valence electrons. The Bertz CT molecular complexity index is 344. The maximum absolute atomic E-state index is 11.3. The van der Waals surface area contributed by atoms with E-state index in [4.69, 9.17) is 11.6 Å². The van der Waals surface area contributed by atoms with Gasteiger partial charge in [0.1, 0.15) is 11.0 Å². The third-order valence-corrected chi connectivity index (χ3v) is 2.16. The van der Waals surface area contributed by atoms with Crippen LogP contribution in [0.5, 0.6) is 0 Å². The molecule has 5 heteroatoms. The number of rotatable bonds is 6. The fourth-order valence-electron chi connectivity index (χ4n) is 1.16. The summed E-state index contributed by atoms with van der Waals surface area (Å²) in [4.78, 5) is 15.3. The number of hydrogen-bond acceptors (Lipinski definition) is 3. The lowest BCUT2D eigenvalue weighted by Gasteiger charge is -2.06. The summed E-state index contributed by atoms with van der Waals surface area (Å²) in [5.41, 5.74) is 0. The molecule has 0 fully saturated rings. The average Bonchev–Trinajstić information content (AvgIpc) is 2.26. The van der Waals surface area contributed by atoms with Gasteiger partial charge in [0.25, 0.3) is 0 Å². The van der Waals surface area contributed by atoms with Gasteiger partial charge in [0.2, 0.25) is 5.91 Å². The third kappa shape index (κ3) is 4.98. The molecule has 0 atom stereocenters. The summed E-state index contributed by atoms with van der Waals surface area (Å²) in [6.45, 7) is 3.31. The molecule has 1 heterocycles. The minimum atomic E-state index is 0.0522. The van der Waals surface area contributed by atoms with Crippen molar-refractivity contribution in [2.45, 2.75) is 19.8 Å². The quantitative estimate of drug-likeness (QED) is 0.750. The Morgan fingerprint density at radius 1 is 1.44 bits per heavy atom. The lowest BCUT2D eigenvalue weighted by molar-refractivity contribution is -0.120. The van der Waals surface area contributed by atoms with Crippen molar-refractivity contribution in [1.29, 1.82) is 0 Å². The van der Waals surface area contributed by atoms with Gasteiger partial charge in [0, 0.05) is 19.5 Å². The van der Waals surface area contributed by atoms with Crippen LogP contribution in [0.2, 0.25) is 5.15 Å². The van der Waals surface area contributed by atoms with E-state index in [1.807, 2.05) is 19.1 Å². The van der Waals surface area contributed by atoms with E-state index in [9.17, 15) is 4.79 Å². The van der Waals surface area contributed by atoms with Crippen LogP contribution < -0.4 is 10.6 Å². The molecule has 0 saturated heterocycles. The highest BCUT2D eigenvalue weighted by atomic mass is 35.5. The molecule has 1 rings (SSSR count). The van der Waals surface area contributed by atoms with Crippen molar-refractivity contribution in [2.75, 3.05) is 18.4 Å². The lowest BCUT2D eigenvalue weighted by atomic mass is 10.3. The maximum Gasteiger partial charge on any atom is 0.221 e. The fourth-order valence-corrected chi connectivity index (χ4v) is 1.33. The summed E-state index contributed by atoms with van der Waals surface area (Å²) in [5, 5.41) is 6.29. The molecule has 0 spiro atoms. The van der Waals surface area contributed by atoms with Gasteiger partial charge in [-0.2, -0.15) is 0 Å². The second-order valence-corrected chi connectivity index (χ2v) is 3.76. The van der Waals surface area contributed by atoms with Crippen molar-refractivity contribution >= 4 is 23.3 Å². The second kappa shape index (κ2) is 7.06. The van der Waals surface area contributed by atoms with Gasteiger partial charge in [0.05, 0.1) is 0 Å². The van der Waals surface area contributed by atoms with Crippen LogP contribution in [0.1, 0.15) is 19.8 Å². The zero-order valence-corrected chi connectivity index (χ0v) is 10.0. The maximum atomic E-state index is 11.3. The Morgan fingerprint density at radius 2 is 2.25 bits per heavy atom. The number of carbonyl (C=O) groups is 1. The van der Waals surface area contributed by atoms with Gasteiger partial charge in [-0.1, -0.05) is 24.6 Å². The Hall–Kier alpha value is -1.29. The summed E-state index contributed by atoms with van der Waals surface area (Å²) in [5.74, 6) is 0.743. The number of halogens is 1. The van der Waals surface area contributed by atoms with E-state index in [0.717, 1.165) is 13.0 Å². The van der Waals surface area contributed by atoms with Gasteiger partial charge in [-0.15, -0.1) is 0 Å². The van der Waals surface area contributed by atoms with Crippen molar-refractivity contribution in [1.82, 2.24) is 10.3 Å². The minimum absolute atomic E-state index is 0.0522. The highest BCUT2D eigenvalue weighted by Gasteiger charge is 2.00. The fraction of sp³-hybridized carbons (Fsp3) is 0.455. The topological polar surface area (TPSA) is 54.0 Å². The molecule has 1 amide bonds. The number of nitrogens with one attached hydrogen (secondary N) is 2. The summed E-state index contributed by atoms with van der Waals surface area (Å²) >= 11 is 5.72. The summed E-state index contributed by atoms with van der Waals surface area (Å²) < 4.78 is 0. The zero-order valence-electron chi connectivity index (χ0n) is 9.29. The van der Waals surface area contributed by atoms with E-state index in [1.165, 1.54) is 0 Å². The van der Waals surface area contributed by atoms with Gasteiger partial charge in [0.15, 0.2) is 0 Å². The first kappa shape index (κ1) is 12.8. The van der Waals surface area contributed by atoms with Crippen LogP contribution in [0.4, 0.5) is 5.82 Å². The molecule has 0 aromatic carbocycles. The first-order chi connectivity index (χ1) is 7.72. The second-order valence-electron chi connectivity index (χ2n) is 3.37. The summed E-state index contributed by atoms with van der Waals surface area (Å²) in [7, 11) is 0. The van der Waals surface area contributed by atoms with Gasteiger partial charge >= 0.3 is 0 Å². The van der Waals surface area contributed by atoms with Crippen LogP contribution in [0.3, 0.4) is 0 Å². The molecule has 0 unspecified atom stereocenters. The predicted octanol–water partition coefficient (Wildman–Crippen LogP) is 2.06. The van der Waals surface area contributed by atoms with Crippen LogP contribution in [0, 0.1) is 0 Å². The zero-order chi connectivity index (χ0) is 11.8. The third-order valence-electron chi connectivity index (χ3n) is 1.95. The van der Waals surface area contributed by atoms with Crippen LogP contribution >= 0.6 is 11.6 Å². The van der Waals surface area contributed by atoms with E-state index in [1.54, 1.807) is 6.07 Å². The average molecular weight is 242 g/mol. The van der Waals surface area contributed by atoms with E-state index in [0.29, 0.717) is 23.9 Å². The Balaban J connectivity index is 2.22. The predicted molar refractivity (Wildman–Crippen MR) is 65.7 cm³/mol. The molecule has 4 nitrogen and oxygen atoms in total. The van der Waals surface area contributed by atoms with Crippen LogP contribution in [-0.2, 0) is 4.79 Å². The summed E-state index contributed by atoms with van der Waals surface area (Å²) in [6, 6.07) is 5.34. The van der Waals surface area contributed by atoms with Crippen molar-refractivity contribution in [3.8, 4) is 0 Å². The van der Waals surface area contributed by atoms with Crippen molar-refractivity contribution in [2.24, 2.45) is 0 Å². The number of hydrogen-bond donors (Lipinski definition) is 2. The SMILES string of the molecule is CCCNC(=O)CCNc1cccc(Cl)n1. The summed E-state index contributed by atoms with van der Waals surface area (Å²) in [6.07, 6.45) is 1.39. The van der Waals surface area contributed by atoms with E-state index in [2.05, 4.69) is 15.6 Å². The molecule has 0 aliphatic carbocycles. The number of aromatic nitrogens is 1. The van der Waals surface area contributed by atoms with Gasteiger partial charge in [-0.3, -0.25) is 4.79 Å². The standard InChI is InChI=1S/C11H16ClN3O/c1-2-7-14-11(16)6-8-13-10-5-3-4-9(12)15-10/h3-5H,2,6-8H2,1H3,(H,13,15)(H,14,16). The Kier molecular flexibility index (Phi) is 5.64. The Morgan fingerprint density at radius 3 is 2.94 bits per heavy atom. The van der Waals surface area contributed by atoms with Crippen LogP contribution in [0.25, 0.3) is 0 Å². The first-order valence-corrected chi connectivity index (χ1v) is 5.73. The lowest BCUT2D eigenvalue weighted by Crippen LogP contribution is -2.25. The van der Waals surface area contributed by atoms with E-state index >= 15 is 0 Å². The van der Waals surface area contributed by atoms with Gasteiger partial charge < -0.3 is 10.6 Å². The molecule has 2 N–H and O–H groups in total. The highest BCUT2D eigenvalue weighted by Crippen LogP contribution is 2.08. The molecule has 0 aliphatic heterocycles. The normalized spacial score (nSPS) is 9.88. The van der Waals surface area contributed by atoms with Crippen molar-refractivity contribution in [3.63, 3.8) is 0 Å². The smallest absolute Gasteiger partial charge is 0.221 e. The molecule has 16 heavy (non-hydrogen) atoms. The minimum Gasteiger partial charge on any atom is -0.370 e. The van der Waals surface area contributed by atoms with Crippen molar-refractivity contribution < 1.29 is 4.79 Å².